The molecule has 0 amide bonds. The zero-order chi connectivity index (χ0) is 32.5. The van der Waals surface area contributed by atoms with Crippen LogP contribution in [-0.4, -0.2) is 0 Å². The van der Waals surface area contributed by atoms with E-state index in [2.05, 4.69) is 144 Å². The van der Waals surface area contributed by atoms with Crippen LogP contribution in [-0.2, 0) is 0 Å². The van der Waals surface area contributed by atoms with Crippen LogP contribution in [0.1, 0.15) is 5.56 Å². The Bertz CT molecular complexity index is 2790. The van der Waals surface area contributed by atoms with Gasteiger partial charge in [-0.2, -0.15) is 5.26 Å². The number of nitriles is 1. The first-order valence-corrected chi connectivity index (χ1v) is 17.9. The second kappa shape index (κ2) is 11.0. The molecule has 0 saturated carbocycles. The average molecular weight is 659 g/mol. The maximum atomic E-state index is 9.26. The topological polar surface area (TPSA) is 27.0 Å². The molecule has 0 aliphatic heterocycles. The van der Waals surface area contributed by atoms with Crippen molar-refractivity contribution in [3.05, 3.63) is 163 Å². The summed E-state index contributed by atoms with van der Waals surface area (Å²) in [7, 11) is 0. The van der Waals surface area contributed by atoms with E-state index in [1.54, 1.807) is 0 Å². The predicted molar refractivity (Wildman–Crippen MR) is 212 cm³/mol. The summed E-state index contributed by atoms with van der Waals surface area (Å²) in [5.41, 5.74) is 6.18. The van der Waals surface area contributed by atoms with Crippen LogP contribution in [0.25, 0.3) is 73.0 Å². The van der Waals surface area contributed by atoms with E-state index >= 15 is 0 Å². The van der Waals surface area contributed by atoms with E-state index in [1.807, 2.05) is 46.9 Å². The fourth-order valence-electron chi connectivity index (χ4n) is 7.26. The number of thiophene rings is 2. The molecular weight excluding hydrogens is 633 g/mol. The maximum Gasteiger partial charge on any atom is 0.0991 e. The third-order valence-corrected chi connectivity index (χ3v) is 12.1. The van der Waals surface area contributed by atoms with Crippen molar-refractivity contribution in [3.63, 3.8) is 0 Å². The zero-order valence-corrected chi connectivity index (χ0v) is 27.9. The van der Waals surface area contributed by atoms with Crippen LogP contribution in [0.5, 0.6) is 0 Å². The Morgan fingerprint density at radius 1 is 0.408 bits per heavy atom. The van der Waals surface area contributed by atoms with Crippen LogP contribution in [0.3, 0.4) is 0 Å². The van der Waals surface area contributed by atoms with Crippen molar-refractivity contribution in [2.24, 2.45) is 0 Å². The fraction of sp³-hybridized carbons (Fsp3) is 0. The van der Waals surface area contributed by atoms with Crippen molar-refractivity contribution in [2.75, 3.05) is 4.90 Å². The van der Waals surface area contributed by atoms with Gasteiger partial charge in [0.1, 0.15) is 0 Å². The number of hydrogen-bond acceptors (Lipinski definition) is 4. The summed E-state index contributed by atoms with van der Waals surface area (Å²) in [5.74, 6) is 0. The van der Waals surface area contributed by atoms with Gasteiger partial charge in [-0.25, -0.2) is 0 Å². The smallest absolute Gasteiger partial charge is 0.0991 e. The highest BCUT2D eigenvalue weighted by Crippen LogP contribution is 2.44. The normalized spacial score (nSPS) is 11.7. The van der Waals surface area contributed by atoms with E-state index < -0.39 is 0 Å². The van der Waals surface area contributed by atoms with E-state index in [9.17, 15) is 5.26 Å². The summed E-state index contributed by atoms with van der Waals surface area (Å²) in [4.78, 5) is 2.37. The summed E-state index contributed by atoms with van der Waals surface area (Å²) in [6.45, 7) is 0. The third-order valence-electron chi connectivity index (χ3n) is 9.68. The first kappa shape index (κ1) is 28.1. The van der Waals surface area contributed by atoms with Crippen molar-refractivity contribution in [1.29, 1.82) is 5.26 Å². The van der Waals surface area contributed by atoms with Gasteiger partial charge in [0, 0.05) is 57.4 Å². The van der Waals surface area contributed by atoms with E-state index in [0.717, 1.165) is 28.2 Å². The third kappa shape index (κ3) is 4.52. The van der Waals surface area contributed by atoms with E-state index in [0.29, 0.717) is 5.56 Å². The van der Waals surface area contributed by atoms with Crippen LogP contribution < -0.4 is 4.90 Å². The number of fused-ring (bicyclic) bond motifs is 10. The zero-order valence-electron chi connectivity index (χ0n) is 26.2. The summed E-state index contributed by atoms with van der Waals surface area (Å²) in [6.07, 6.45) is 0. The highest BCUT2D eigenvalue weighted by atomic mass is 32.1. The number of rotatable bonds is 4. The number of anilines is 3. The van der Waals surface area contributed by atoms with Gasteiger partial charge in [-0.3, -0.25) is 0 Å². The van der Waals surface area contributed by atoms with Crippen molar-refractivity contribution in [2.45, 2.75) is 0 Å². The number of benzene rings is 8. The van der Waals surface area contributed by atoms with Gasteiger partial charge in [-0.1, -0.05) is 97.1 Å². The Labute approximate surface area is 290 Å². The lowest BCUT2D eigenvalue weighted by Crippen LogP contribution is -2.09. The highest BCUT2D eigenvalue weighted by Gasteiger charge is 2.17. The molecule has 0 saturated heterocycles. The molecule has 2 nitrogen and oxygen atoms in total. The summed E-state index contributed by atoms with van der Waals surface area (Å²) in [6, 6.07) is 59.0. The van der Waals surface area contributed by atoms with Gasteiger partial charge in [-0.05, 0) is 93.3 Å². The molecule has 49 heavy (non-hydrogen) atoms. The van der Waals surface area contributed by atoms with Gasteiger partial charge in [0.25, 0.3) is 0 Å². The second-order valence-corrected chi connectivity index (χ2v) is 14.6. The largest absolute Gasteiger partial charge is 0.310 e. The molecule has 0 radical (unpaired) electrons. The Balaban J connectivity index is 1.14. The monoisotopic (exact) mass is 658 g/mol. The molecule has 4 heteroatoms. The first-order valence-electron chi connectivity index (χ1n) is 16.3. The molecule has 0 atom stereocenters. The minimum Gasteiger partial charge on any atom is -0.310 e. The van der Waals surface area contributed by atoms with Crippen LogP contribution in [0.2, 0.25) is 0 Å². The lowest BCUT2D eigenvalue weighted by Gasteiger charge is -2.26. The van der Waals surface area contributed by atoms with Crippen molar-refractivity contribution < 1.29 is 0 Å². The molecule has 0 aliphatic rings. The second-order valence-electron chi connectivity index (χ2n) is 12.5. The van der Waals surface area contributed by atoms with Crippen molar-refractivity contribution >= 4 is 102 Å². The molecule has 10 rings (SSSR count). The van der Waals surface area contributed by atoms with E-state index in [1.165, 1.54) is 61.9 Å². The fourth-order valence-corrected chi connectivity index (χ4v) is 9.74. The Morgan fingerprint density at radius 2 is 0.857 bits per heavy atom. The minimum absolute atomic E-state index is 0.667. The maximum absolute atomic E-state index is 9.26. The molecule has 0 unspecified atom stereocenters. The quantitative estimate of drug-likeness (QED) is 0.188. The predicted octanol–water partition coefficient (Wildman–Crippen LogP) is 13.7. The lowest BCUT2D eigenvalue weighted by atomic mass is 10.0. The van der Waals surface area contributed by atoms with Gasteiger partial charge in [0.2, 0.25) is 0 Å². The highest BCUT2D eigenvalue weighted by molar-refractivity contribution is 7.27. The van der Waals surface area contributed by atoms with Crippen molar-refractivity contribution in [1.82, 2.24) is 0 Å². The Morgan fingerprint density at radius 3 is 1.37 bits per heavy atom. The summed E-state index contributed by atoms with van der Waals surface area (Å²) >= 11 is 3.75. The first-order chi connectivity index (χ1) is 24.2. The molecule has 228 valence electrons. The van der Waals surface area contributed by atoms with Crippen LogP contribution >= 0.6 is 22.7 Å². The Kier molecular flexibility index (Phi) is 6.32. The van der Waals surface area contributed by atoms with Gasteiger partial charge in [0.15, 0.2) is 0 Å². The summed E-state index contributed by atoms with van der Waals surface area (Å²) < 4.78 is 5.31. The standard InChI is InChI=1S/C45H26N2S2/c46-27-28-9-11-29(12-10-28)30-13-17-33(18-14-30)47(34-19-23-36-31(25-34)15-21-40-38-5-1-3-7-42(38)48-44(36)40)35-20-24-37-32(26-35)16-22-41-39-6-2-4-8-43(39)49-45(37)41/h1-26H. The molecule has 8 aromatic carbocycles. The van der Waals surface area contributed by atoms with Crippen molar-refractivity contribution in [3.8, 4) is 17.2 Å². The molecule has 2 heterocycles. The molecule has 10 aromatic rings. The van der Waals surface area contributed by atoms with Crippen LogP contribution in [0.15, 0.2) is 158 Å². The molecule has 0 fully saturated rings. The van der Waals surface area contributed by atoms with Crippen LogP contribution in [0, 0.1) is 11.3 Å². The van der Waals surface area contributed by atoms with Gasteiger partial charge >= 0.3 is 0 Å². The number of hydrogen-bond donors (Lipinski definition) is 0. The molecule has 0 aliphatic carbocycles. The molecule has 2 aromatic heterocycles. The number of nitrogens with zero attached hydrogens (tertiary/aromatic N) is 2. The Hall–Kier alpha value is -5.99. The SMILES string of the molecule is N#Cc1ccc(-c2ccc(N(c3ccc4c(ccc5c6ccccc6sc45)c3)c3ccc4c(ccc5c6ccccc6sc45)c3)cc2)cc1. The van der Waals surface area contributed by atoms with Gasteiger partial charge < -0.3 is 4.90 Å². The minimum atomic E-state index is 0.667. The lowest BCUT2D eigenvalue weighted by molar-refractivity contribution is 1.29. The molecule has 0 bridgehead atoms. The van der Waals surface area contributed by atoms with Crippen LogP contribution in [0.4, 0.5) is 17.1 Å². The van der Waals surface area contributed by atoms with Gasteiger partial charge in [-0.15, -0.1) is 22.7 Å². The van der Waals surface area contributed by atoms with Gasteiger partial charge in [0.05, 0.1) is 11.6 Å². The molecular formula is C45H26N2S2. The van der Waals surface area contributed by atoms with E-state index in [4.69, 9.17) is 0 Å². The average Bonchev–Trinajstić information content (AvgIpc) is 3.74. The van der Waals surface area contributed by atoms with E-state index in [-0.39, 0.29) is 0 Å². The summed E-state index contributed by atoms with van der Waals surface area (Å²) in [5, 5.41) is 19.6. The molecule has 0 spiro atoms. The molecule has 0 N–H and O–H groups in total.